The average Bonchev–Trinajstić information content (AvgIpc) is 3.46. The summed E-state index contributed by atoms with van der Waals surface area (Å²) in [5, 5.41) is 32.0. The quantitative estimate of drug-likeness (QED) is 0.419. The van der Waals surface area contributed by atoms with Crippen LogP contribution in [0.2, 0.25) is 0 Å². The Labute approximate surface area is 185 Å². The Kier molecular flexibility index (Phi) is 5.34. The van der Waals surface area contributed by atoms with Crippen molar-refractivity contribution in [3.05, 3.63) is 58.9 Å². The molecule has 5 rings (SSSR count). The molecule has 11 heteroatoms. The molecule has 0 amide bonds. The molecule has 0 aliphatic carbocycles. The van der Waals surface area contributed by atoms with Crippen molar-refractivity contribution in [3.8, 4) is 10.6 Å². The molecule has 3 atom stereocenters. The summed E-state index contributed by atoms with van der Waals surface area (Å²) in [5.74, 6) is 1.18. The minimum atomic E-state index is -0.898. The SMILES string of the molecule is Cc1cnc(-c2ccc(CNc3nccn4c([C@@H]5SC[C@@H](O)[C@H]5O)nnc34)cc2F)s1. The van der Waals surface area contributed by atoms with E-state index in [2.05, 4.69) is 25.5 Å². The molecule has 1 aromatic carbocycles. The van der Waals surface area contributed by atoms with E-state index >= 15 is 0 Å². The number of aliphatic hydroxyl groups is 2. The van der Waals surface area contributed by atoms with Crippen LogP contribution in [0.15, 0.2) is 36.8 Å². The predicted octanol–water partition coefficient (Wildman–Crippen LogP) is 2.82. The number of benzene rings is 1. The van der Waals surface area contributed by atoms with Gasteiger partial charge >= 0.3 is 0 Å². The smallest absolute Gasteiger partial charge is 0.203 e. The van der Waals surface area contributed by atoms with E-state index in [0.29, 0.717) is 40.2 Å². The normalized spacial score (nSPS) is 21.1. The van der Waals surface area contributed by atoms with Crippen LogP contribution < -0.4 is 5.32 Å². The first kappa shape index (κ1) is 20.3. The molecule has 0 spiro atoms. The number of aromatic nitrogens is 5. The van der Waals surface area contributed by atoms with Gasteiger partial charge in [0.25, 0.3) is 0 Å². The van der Waals surface area contributed by atoms with E-state index in [1.54, 1.807) is 29.1 Å². The lowest BCUT2D eigenvalue weighted by Gasteiger charge is -2.14. The Morgan fingerprint density at radius 1 is 1.26 bits per heavy atom. The fraction of sp³-hybridized carbons (Fsp3) is 0.300. The Bertz CT molecular complexity index is 1250. The van der Waals surface area contributed by atoms with Crippen LogP contribution in [-0.2, 0) is 6.54 Å². The number of rotatable bonds is 5. The van der Waals surface area contributed by atoms with Gasteiger partial charge in [-0.25, -0.2) is 14.4 Å². The number of nitrogens with zero attached hydrogens (tertiary/aromatic N) is 5. The number of hydrogen-bond donors (Lipinski definition) is 3. The minimum Gasteiger partial charge on any atom is -0.390 e. The molecule has 0 saturated carbocycles. The van der Waals surface area contributed by atoms with E-state index in [1.807, 2.05) is 13.0 Å². The molecular formula is C20H19FN6O2S2. The first-order chi connectivity index (χ1) is 15.0. The van der Waals surface area contributed by atoms with E-state index < -0.39 is 12.2 Å². The fourth-order valence-electron chi connectivity index (χ4n) is 3.50. The summed E-state index contributed by atoms with van der Waals surface area (Å²) in [6.07, 6.45) is 3.38. The lowest BCUT2D eigenvalue weighted by atomic mass is 10.1. The van der Waals surface area contributed by atoms with Gasteiger partial charge in [0.2, 0.25) is 5.65 Å². The molecule has 4 aromatic rings. The molecule has 1 saturated heterocycles. The largest absolute Gasteiger partial charge is 0.390 e. The number of thioether (sulfide) groups is 1. The second kappa shape index (κ2) is 8.15. The van der Waals surface area contributed by atoms with Crippen molar-refractivity contribution < 1.29 is 14.6 Å². The molecular weight excluding hydrogens is 439 g/mol. The van der Waals surface area contributed by atoms with E-state index in [-0.39, 0.29) is 11.1 Å². The summed E-state index contributed by atoms with van der Waals surface area (Å²) in [6.45, 7) is 2.29. The van der Waals surface area contributed by atoms with Crippen molar-refractivity contribution >= 4 is 34.6 Å². The number of aryl methyl sites for hydroxylation is 1. The second-order valence-electron chi connectivity index (χ2n) is 7.28. The third kappa shape index (κ3) is 3.78. The van der Waals surface area contributed by atoms with Gasteiger partial charge in [0.1, 0.15) is 10.8 Å². The summed E-state index contributed by atoms with van der Waals surface area (Å²) in [5.41, 5.74) is 1.74. The molecule has 0 bridgehead atoms. The van der Waals surface area contributed by atoms with Gasteiger partial charge in [0.15, 0.2) is 11.6 Å². The fourth-order valence-corrected chi connectivity index (χ4v) is 5.58. The van der Waals surface area contributed by atoms with Crippen LogP contribution in [0.1, 0.15) is 21.5 Å². The maximum Gasteiger partial charge on any atom is 0.203 e. The highest BCUT2D eigenvalue weighted by Crippen LogP contribution is 2.39. The zero-order valence-electron chi connectivity index (χ0n) is 16.4. The molecule has 3 N–H and O–H groups in total. The summed E-state index contributed by atoms with van der Waals surface area (Å²) < 4.78 is 16.4. The van der Waals surface area contributed by atoms with E-state index in [9.17, 15) is 14.6 Å². The van der Waals surface area contributed by atoms with Gasteiger partial charge in [-0.15, -0.1) is 33.3 Å². The Hall–Kier alpha value is -2.60. The molecule has 160 valence electrons. The van der Waals surface area contributed by atoms with Gasteiger partial charge < -0.3 is 15.5 Å². The summed E-state index contributed by atoms with van der Waals surface area (Å²) in [6, 6.07) is 5.07. The molecule has 8 nitrogen and oxygen atoms in total. The van der Waals surface area contributed by atoms with Crippen LogP contribution in [0, 0.1) is 12.7 Å². The zero-order valence-corrected chi connectivity index (χ0v) is 18.1. The third-order valence-corrected chi connectivity index (χ3v) is 7.43. The highest BCUT2D eigenvalue weighted by Gasteiger charge is 2.38. The van der Waals surface area contributed by atoms with E-state index in [0.717, 1.165) is 10.4 Å². The van der Waals surface area contributed by atoms with Crippen LogP contribution in [0.4, 0.5) is 10.2 Å². The lowest BCUT2D eigenvalue weighted by Crippen LogP contribution is -2.25. The number of hydrogen-bond acceptors (Lipinski definition) is 9. The Morgan fingerprint density at radius 3 is 2.84 bits per heavy atom. The van der Waals surface area contributed by atoms with Gasteiger partial charge in [-0.2, -0.15) is 0 Å². The molecule has 1 aliphatic rings. The van der Waals surface area contributed by atoms with Crippen LogP contribution in [-0.4, -0.2) is 52.7 Å². The van der Waals surface area contributed by atoms with Crippen molar-refractivity contribution in [2.24, 2.45) is 0 Å². The molecule has 3 aromatic heterocycles. The number of thiazole rings is 1. The molecule has 0 radical (unpaired) electrons. The summed E-state index contributed by atoms with van der Waals surface area (Å²) in [4.78, 5) is 9.61. The minimum absolute atomic E-state index is 0.324. The van der Waals surface area contributed by atoms with Crippen molar-refractivity contribution in [1.82, 2.24) is 24.6 Å². The number of anilines is 1. The van der Waals surface area contributed by atoms with E-state index in [4.69, 9.17) is 0 Å². The van der Waals surface area contributed by atoms with Gasteiger partial charge in [-0.1, -0.05) is 6.07 Å². The maximum atomic E-state index is 14.6. The van der Waals surface area contributed by atoms with Crippen molar-refractivity contribution in [2.75, 3.05) is 11.1 Å². The van der Waals surface area contributed by atoms with Gasteiger partial charge in [-0.3, -0.25) is 4.40 Å². The first-order valence-corrected chi connectivity index (χ1v) is 11.5. The van der Waals surface area contributed by atoms with Gasteiger partial charge in [0.05, 0.1) is 17.5 Å². The van der Waals surface area contributed by atoms with Crippen LogP contribution in [0.3, 0.4) is 0 Å². The third-order valence-electron chi connectivity index (χ3n) is 5.10. The van der Waals surface area contributed by atoms with Crippen molar-refractivity contribution in [2.45, 2.75) is 30.9 Å². The van der Waals surface area contributed by atoms with Gasteiger partial charge in [-0.05, 0) is 24.6 Å². The standard InChI is InChI=1S/C20H19FN6O2S2/c1-10-7-24-20(31-10)12-3-2-11(6-13(12)21)8-23-17-19-26-25-18(27(19)5-4-22-17)16-15(29)14(28)9-30-16/h2-7,14-16,28-29H,8-9H2,1H3,(H,22,23)/t14-,15-,16-/m1/s1. The van der Waals surface area contributed by atoms with Crippen molar-refractivity contribution in [3.63, 3.8) is 0 Å². The average molecular weight is 459 g/mol. The Morgan fingerprint density at radius 2 is 2.13 bits per heavy atom. The highest BCUT2D eigenvalue weighted by atomic mass is 32.2. The molecule has 4 heterocycles. The molecule has 1 aliphatic heterocycles. The van der Waals surface area contributed by atoms with Crippen LogP contribution in [0.5, 0.6) is 0 Å². The molecule has 31 heavy (non-hydrogen) atoms. The lowest BCUT2D eigenvalue weighted by molar-refractivity contribution is 0.0404. The number of nitrogens with one attached hydrogen (secondary N) is 1. The number of fused-ring (bicyclic) bond motifs is 1. The zero-order chi connectivity index (χ0) is 21.5. The summed E-state index contributed by atoms with van der Waals surface area (Å²) >= 11 is 2.90. The van der Waals surface area contributed by atoms with Crippen LogP contribution >= 0.6 is 23.1 Å². The molecule has 1 fully saturated rings. The molecule has 0 unspecified atom stereocenters. The number of aliphatic hydroxyl groups excluding tert-OH is 2. The monoisotopic (exact) mass is 458 g/mol. The topological polar surface area (TPSA) is 108 Å². The van der Waals surface area contributed by atoms with E-state index in [1.165, 1.54) is 29.2 Å². The predicted molar refractivity (Wildman–Crippen MR) is 118 cm³/mol. The Balaban J connectivity index is 1.36. The summed E-state index contributed by atoms with van der Waals surface area (Å²) in [7, 11) is 0. The first-order valence-electron chi connectivity index (χ1n) is 9.63. The van der Waals surface area contributed by atoms with Crippen LogP contribution in [0.25, 0.3) is 16.2 Å². The second-order valence-corrected chi connectivity index (χ2v) is 9.69. The highest BCUT2D eigenvalue weighted by molar-refractivity contribution is 7.99. The maximum absolute atomic E-state index is 14.6. The van der Waals surface area contributed by atoms with Gasteiger partial charge in [0, 0.05) is 41.3 Å². The van der Waals surface area contributed by atoms with Crippen molar-refractivity contribution in [1.29, 1.82) is 0 Å². The number of halogens is 1.